The molecule has 1 aliphatic rings. The van der Waals surface area contributed by atoms with Gasteiger partial charge in [0, 0.05) is 37.1 Å². The molecule has 0 saturated carbocycles. The maximum absolute atomic E-state index is 10.1. The van der Waals surface area contributed by atoms with Gasteiger partial charge in [-0.3, -0.25) is 4.84 Å². The average molecular weight is 451 g/mol. The van der Waals surface area contributed by atoms with Crippen LogP contribution in [0, 0.1) is 0 Å². The predicted octanol–water partition coefficient (Wildman–Crippen LogP) is 1.60. The topological polar surface area (TPSA) is 85.6 Å². The Morgan fingerprint density at radius 2 is 1.66 bits per heavy atom. The first-order chi connectivity index (χ1) is 14.0. The molecule has 0 radical (unpaired) electrons. The summed E-state index contributed by atoms with van der Waals surface area (Å²) in [5.74, 6) is 1.12. The first-order valence-corrected chi connectivity index (χ1v) is 11.0. The van der Waals surface area contributed by atoms with E-state index in [1.54, 1.807) is 0 Å². The second-order valence-corrected chi connectivity index (χ2v) is 7.84. The van der Waals surface area contributed by atoms with Gasteiger partial charge in [-0.15, -0.1) is 23.2 Å². The SMILES string of the molecule is CON(CCCCc1ccc(N(CCCl)CCCl)cc1)C1OC[C@@H](O)[C@H](O)[C@@H]1O. The average Bonchev–Trinajstić information content (AvgIpc) is 2.73. The molecule has 1 saturated heterocycles. The number of halogens is 2. The number of aliphatic hydroxyl groups is 3. The smallest absolute Gasteiger partial charge is 0.161 e. The molecule has 2 rings (SSSR count). The molecule has 4 atom stereocenters. The summed E-state index contributed by atoms with van der Waals surface area (Å²) in [6.45, 7) is 2.03. The Bertz CT molecular complexity index is 574. The second kappa shape index (κ2) is 12.9. The van der Waals surface area contributed by atoms with E-state index in [0.29, 0.717) is 18.3 Å². The lowest BCUT2D eigenvalue weighted by molar-refractivity contribution is -0.306. The van der Waals surface area contributed by atoms with Gasteiger partial charge in [-0.05, 0) is 37.0 Å². The summed E-state index contributed by atoms with van der Waals surface area (Å²) in [6.07, 6.45) is -1.69. The molecular formula is C20H32Cl2N2O5. The third kappa shape index (κ3) is 7.22. The lowest BCUT2D eigenvalue weighted by atomic mass is 10.0. The number of alkyl halides is 2. The van der Waals surface area contributed by atoms with Crippen molar-refractivity contribution in [2.45, 2.75) is 43.8 Å². The van der Waals surface area contributed by atoms with Crippen LogP contribution in [-0.4, -0.2) is 90.0 Å². The lowest BCUT2D eigenvalue weighted by Gasteiger charge is -2.39. The molecular weight excluding hydrogens is 419 g/mol. The minimum absolute atomic E-state index is 0.0421. The van der Waals surface area contributed by atoms with Crippen molar-refractivity contribution in [3.63, 3.8) is 0 Å². The highest BCUT2D eigenvalue weighted by atomic mass is 35.5. The Morgan fingerprint density at radius 3 is 2.24 bits per heavy atom. The van der Waals surface area contributed by atoms with E-state index in [1.165, 1.54) is 17.7 Å². The number of aliphatic hydroxyl groups excluding tert-OH is 3. The van der Waals surface area contributed by atoms with Crippen LogP contribution < -0.4 is 4.90 Å². The Balaban J connectivity index is 1.79. The molecule has 9 heteroatoms. The molecule has 0 bridgehead atoms. The fraction of sp³-hybridized carbons (Fsp3) is 0.700. The van der Waals surface area contributed by atoms with E-state index < -0.39 is 24.5 Å². The van der Waals surface area contributed by atoms with E-state index in [-0.39, 0.29) is 6.61 Å². The van der Waals surface area contributed by atoms with E-state index >= 15 is 0 Å². The van der Waals surface area contributed by atoms with Crippen molar-refractivity contribution in [2.75, 3.05) is 50.0 Å². The van der Waals surface area contributed by atoms with E-state index in [0.717, 1.165) is 38.0 Å². The Kier molecular flexibility index (Phi) is 11.0. The van der Waals surface area contributed by atoms with Crippen LogP contribution in [0.2, 0.25) is 0 Å². The molecule has 1 unspecified atom stereocenters. The van der Waals surface area contributed by atoms with Crippen LogP contribution in [0.1, 0.15) is 18.4 Å². The fourth-order valence-electron chi connectivity index (χ4n) is 3.41. The van der Waals surface area contributed by atoms with Crippen LogP contribution in [0.4, 0.5) is 5.69 Å². The summed E-state index contributed by atoms with van der Waals surface area (Å²) in [4.78, 5) is 7.48. The molecule has 1 aromatic carbocycles. The Labute approximate surface area is 182 Å². The number of nitrogens with zero attached hydrogens (tertiary/aromatic N) is 2. The van der Waals surface area contributed by atoms with Crippen LogP contribution >= 0.6 is 23.2 Å². The van der Waals surface area contributed by atoms with Gasteiger partial charge in [0.15, 0.2) is 6.23 Å². The zero-order valence-electron chi connectivity index (χ0n) is 16.8. The van der Waals surface area contributed by atoms with Gasteiger partial charge in [-0.1, -0.05) is 12.1 Å². The number of ether oxygens (including phenoxy) is 1. The van der Waals surface area contributed by atoms with Crippen molar-refractivity contribution in [1.82, 2.24) is 5.06 Å². The quantitative estimate of drug-likeness (QED) is 0.253. The molecule has 0 spiro atoms. The van der Waals surface area contributed by atoms with E-state index in [4.69, 9.17) is 32.8 Å². The number of hydroxylamine groups is 2. The molecule has 166 valence electrons. The largest absolute Gasteiger partial charge is 0.388 e. The van der Waals surface area contributed by atoms with Crippen molar-refractivity contribution < 1.29 is 24.9 Å². The summed E-state index contributed by atoms with van der Waals surface area (Å²) in [7, 11) is 1.50. The number of anilines is 1. The van der Waals surface area contributed by atoms with Crippen LogP contribution in [-0.2, 0) is 16.0 Å². The van der Waals surface area contributed by atoms with Gasteiger partial charge in [0.1, 0.15) is 18.3 Å². The van der Waals surface area contributed by atoms with Gasteiger partial charge in [-0.25, -0.2) is 0 Å². The van der Waals surface area contributed by atoms with Gasteiger partial charge < -0.3 is 25.0 Å². The monoisotopic (exact) mass is 450 g/mol. The van der Waals surface area contributed by atoms with Gasteiger partial charge >= 0.3 is 0 Å². The summed E-state index contributed by atoms with van der Waals surface area (Å²) in [6, 6.07) is 8.42. The summed E-state index contributed by atoms with van der Waals surface area (Å²) < 4.78 is 5.43. The van der Waals surface area contributed by atoms with Gasteiger partial charge in [0.05, 0.1) is 13.7 Å². The zero-order valence-corrected chi connectivity index (χ0v) is 18.3. The summed E-state index contributed by atoms with van der Waals surface area (Å²) in [5.41, 5.74) is 2.35. The lowest BCUT2D eigenvalue weighted by Crippen LogP contribution is -2.58. The van der Waals surface area contributed by atoms with Crippen LogP contribution in [0.3, 0.4) is 0 Å². The van der Waals surface area contributed by atoms with Gasteiger partial charge in [-0.2, -0.15) is 5.06 Å². The minimum Gasteiger partial charge on any atom is -0.388 e. The molecule has 29 heavy (non-hydrogen) atoms. The highest BCUT2D eigenvalue weighted by Gasteiger charge is 2.40. The second-order valence-electron chi connectivity index (χ2n) is 7.08. The Morgan fingerprint density at radius 1 is 1.00 bits per heavy atom. The highest BCUT2D eigenvalue weighted by molar-refractivity contribution is 6.18. The third-order valence-corrected chi connectivity index (χ3v) is 5.43. The molecule has 1 aromatic rings. The molecule has 0 aromatic heterocycles. The zero-order chi connectivity index (χ0) is 21.2. The van der Waals surface area contributed by atoms with Crippen LogP contribution in [0.5, 0.6) is 0 Å². The summed E-state index contributed by atoms with van der Waals surface area (Å²) >= 11 is 11.7. The van der Waals surface area contributed by atoms with Crippen molar-refractivity contribution in [3.8, 4) is 0 Å². The maximum atomic E-state index is 10.1. The predicted molar refractivity (Wildman–Crippen MR) is 115 cm³/mol. The molecule has 1 fully saturated rings. The molecule has 1 aliphatic heterocycles. The van der Waals surface area contributed by atoms with E-state index in [2.05, 4.69) is 29.2 Å². The van der Waals surface area contributed by atoms with Crippen molar-refractivity contribution in [3.05, 3.63) is 29.8 Å². The Hall–Kier alpha value is -0.640. The third-order valence-electron chi connectivity index (χ3n) is 5.10. The standard InChI is InChI=1S/C20H32Cl2N2O5/c1-28-24(20-19(27)18(26)17(25)14-29-20)11-3-2-4-15-5-7-16(8-6-15)23(12-9-21)13-10-22/h5-8,17-20,25-27H,2-4,9-14H2,1H3/t17-,18+,19+,20?/m1/s1. The van der Waals surface area contributed by atoms with Crippen LogP contribution in [0.25, 0.3) is 0 Å². The van der Waals surface area contributed by atoms with Gasteiger partial charge in [0.2, 0.25) is 0 Å². The van der Waals surface area contributed by atoms with Crippen molar-refractivity contribution >= 4 is 28.9 Å². The van der Waals surface area contributed by atoms with Crippen molar-refractivity contribution in [1.29, 1.82) is 0 Å². The minimum atomic E-state index is -1.25. The number of rotatable bonds is 12. The normalized spacial score (nSPS) is 24.8. The molecule has 1 heterocycles. The highest BCUT2D eigenvalue weighted by Crippen LogP contribution is 2.20. The first-order valence-electron chi connectivity index (χ1n) is 9.94. The molecule has 7 nitrogen and oxygen atoms in total. The van der Waals surface area contributed by atoms with Crippen LogP contribution in [0.15, 0.2) is 24.3 Å². The molecule has 0 aliphatic carbocycles. The number of hydrogen-bond donors (Lipinski definition) is 3. The molecule has 0 amide bonds. The van der Waals surface area contributed by atoms with Crippen molar-refractivity contribution in [2.24, 2.45) is 0 Å². The number of hydrogen-bond acceptors (Lipinski definition) is 7. The summed E-state index contributed by atoms with van der Waals surface area (Å²) in [5, 5.41) is 31.0. The maximum Gasteiger partial charge on any atom is 0.161 e. The van der Waals surface area contributed by atoms with E-state index in [9.17, 15) is 15.3 Å². The van der Waals surface area contributed by atoms with Gasteiger partial charge in [0.25, 0.3) is 0 Å². The number of benzene rings is 1. The van der Waals surface area contributed by atoms with E-state index in [1.807, 2.05) is 0 Å². The number of aryl methyl sites for hydroxylation is 1. The fourth-order valence-corrected chi connectivity index (χ4v) is 3.82. The number of unbranched alkanes of at least 4 members (excludes halogenated alkanes) is 1. The first kappa shape index (κ1) is 24.6. The molecule has 3 N–H and O–H groups in total.